The maximum atomic E-state index is 11.9. The third-order valence-electron chi connectivity index (χ3n) is 5.15. The number of nitriles is 1. The third kappa shape index (κ3) is 7.46. The quantitative estimate of drug-likeness (QED) is 0.113. The largest absolute Gasteiger partial charge is 0.493 e. The van der Waals surface area contributed by atoms with Crippen molar-refractivity contribution in [3.8, 4) is 23.4 Å². The molecule has 0 aliphatic carbocycles. The van der Waals surface area contributed by atoms with Crippen LogP contribution in [0, 0.1) is 11.5 Å². The van der Waals surface area contributed by atoms with E-state index in [-0.39, 0.29) is 12.5 Å². The minimum absolute atomic E-state index is 0.131. The van der Waals surface area contributed by atoms with Crippen LogP contribution in [-0.4, -0.2) is 77.6 Å². The van der Waals surface area contributed by atoms with E-state index in [9.17, 15) is 14.9 Å². The highest BCUT2D eigenvalue weighted by Gasteiger charge is 2.33. The lowest BCUT2D eigenvalue weighted by Crippen LogP contribution is -2.45. The number of thioether (sulfide) groups is 1. The van der Waals surface area contributed by atoms with Crippen molar-refractivity contribution >= 4 is 35.3 Å². The first kappa shape index (κ1) is 27.4. The molecule has 0 spiro atoms. The molecule has 39 heavy (non-hydrogen) atoms. The number of likely N-dealkylation sites (N-methyl/N-ethyl adjacent to an activating group) is 1. The number of guanidine groups is 1. The molecule has 0 fully saturated rings. The van der Waals surface area contributed by atoms with E-state index in [1.54, 1.807) is 36.0 Å². The number of benzene rings is 2. The lowest BCUT2D eigenvalue weighted by Gasteiger charge is -2.26. The molecular formula is C25H25N7O6S. The lowest BCUT2D eigenvalue weighted by molar-refractivity contribution is -0.183. The fourth-order valence-corrected chi connectivity index (χ4v) is 3.86. The zero-order valence-electron chi connectivity index (χ0n) is 21.2. The molecular weight excluding hydrogens is 526 g/mol. The summed E-state index contributed by atoms with van der Waals surface area (Å²) in [5.74, 6) is 0.202. The first-order chi connectivity index (χ1) is 18.9. The van der Waals surface area contributed by atoms with Crippen LogP contribution in [0.4, 0.5) is 5.69 Å². The Morgan fingerprint density at radius 1 is 1.05 bits per heavy atom. The van der Waals surface area contributed by atoms with Gasteiger partial charge in [0, 0.05) is 17.9 Å². The van der Waals surface area contributed by atoms with Crippen molar-refractivity contribution in [3.63, 3.8) is 0 Å². The Bertz CT molecular complexity index is 1340. The van der Waals surface area contributed by atoms with E-state index in [4.69, 9.17) is 14.0 Å². The molecule has 13 nitrogen and oxygen atoms in total. The standard InChI is InChI=1S/C25H25N7O6S/c1-30(2)12-13-32-25(29-37-23(33)24(34)38-32)31(17-26)19-10-8-18(9-11-19)22-28-27-21(36-22)16-39-15-14-35-20-6-4-3-5-7-20/h3-11H,12-16H2,1-2H3. The van der Waals surface area contributed by atoms with E-state index >= 15 is 0 Å². The average molecular weight is 552 g/mol. The van der Waals surface area contributed by atoms with Crippen LogP contribution >= 0.6 is 11.8 Å². The van der Waals surface area contributed by atoms with Crippen LogP contribution in [0.2, 0.25) is 0 Å². The second kappa shape index (κ2) is 13.3. The second-order valence-corrected chi connectivity index (χ2v) is 9.36. The molecule has 0 unspecified atom stereocenters. The number of anilines is 1. The molecule has 1 aliphatic rings. The number of rotatable bonds is 11. The van der Waals surface area contributed by atoms with Crippen LogP contribution < -0.4 is 9.64 Å². The molecule has 14 heteroatoms. The highest BCUT2D eigenvalue weighted by molar-refractivity contribution is 7.98. The molecule has 3 aromatic rings. The van der Waals surface area contributed by atoms with Gasteiger partial charge in [0.25, 0.3) is 5.96 Å². The van der Waals surface area contributed by atoms with Crippen molar-refractivity contribution in [2.75, 3.05) is 44.4 Å². The summed E-state index contributed by atoms with van der Waals surface area (Å²) in [7, 11) is 3.64. The van der Waals surface area contributed by atoms with Gasteiger partial charge in [0.05, 0.1) is 24.6 Å². The summed E-state index contributed by atoms with van der Waals surface area (Å²) in [4.78, 5) is 36.1. The normalized spacial score (nSPS) is 13.3. The SMILES string of the molecule is CN(C)CCN1OC(=O)C(=O)ON=C1N(C#N)c1ccc(-c2nnc(CSCCOc3ccccc3)o2)cc1. The van der Waals surface area contributed by atoms with Gasteiger partial charge < -0.3 is 23.7 Å². The molecule has 0 atom stereocenters. The summed E-state index contributed by atoms with van der Waals surface area (Å²) in [6.45, 7) is 1.13. The van der Waals surface area contributed by atoms with Crippen LogP contribution in [0.15, 0.2) is 64.2 Å². The topological polar surface area (TPSA) is 147 Å². The van der Waals surface area contributed by atoms with Gasteiger partial charge >= 0.3 is 11.9 Å². The third-order valence-corrected chi connectivity index (χ3v) is 6.05. The van der Waals surface area contributed by atoms with Gasteiger partial charge in [-0.2, -0.15) is 10.3 Å². The zero-order valence-corrected chi connectivity index (χ0v) is 22.0. The minimum atomic E-state index is -1.29. The van der Waals surface area contributed by atoms with E-state index in [1.807, 2.05) is 55.5 Å². The number of hydrogen-bond donors (Lipinski definition) is 0. The number of nitrogens with zero attached hydrogens (tertiary/aromatic N) is 7. The Balaban J connectivity index is 1.38. The summed E-state index contributed by atoms with van der Waals surface area (Å²) in [6.07, 6.45) is 1.97. The molecule has 202 valence electrons. The first-order valence-corrected chi connectivity index (χ1v) is 12.9. The van der Waals surface area contributed by atoms with Crippen molar-refractivity contribution < 1.29 is 28.4 Å². The molecule has 0 saturated carbocycles. The summed E-state index contributed by atoms with van der Waals surface area (Å²) in [5, 5.41) is 22.8. The predicted octanol–water partition coefficient (Wildman–Crippen LogP) is 2.49. The molecule has 1 aliphatic heterocycles. The summed E-state index contributed by atoms with van der Waals surface area (Å²) in [5.41, 5.74) is 1.01. The van der Waals surface area contributed by atoms with Crippen molar-refractivity contribution in [2.24, 2.45) is 5.16 Å². The number of oxime groups is 1. The molecule has 4 rings (SSSR count). The number of ether oxygens (including phenoxy) is 1. The van der Waals surface area contributed by atoms with Crippen LogP contribution in [0.25, 0.3) is 11.5 Å². The van der Waals surface area contributed by atoms with Crippen molar-refractivity contribution in [3.05, 3.63) is 60.5 Å². The van der Waals surface area contributed by atoms with Crippen LogP contribution in [0.5, 0.6) is 5.75 Å². The molecule has 2 aromatic carbocycles. The summed E-state index contributed by atoms with van der Waals surface area (Å²) < 4.78 is 11.4. The number of hydroxylamine groups is 2. The number of aromatic nitrogens is 2. The van der Waals surface area contributed by atoms with Gasteiger partial charge in [0.15, 0.2) is 6.19 Å². The van der Waals surface area contributed by atoms with Crippen molar-refractivity contribution in [1.82, 2.24) is 20.2 Å². The Hall–Kier alpha value is -4.61. The highest BCUT2D eigenvalue weighted by Crippen LogP contribution is 2.24. The summed E-state index contributed by atoms with van der Waals surface area (Å²) >= 11 is 1.61. The molecule has 2 heterocycles. The van der Waals surface area contributed by atoms with Gasteiger partial charge in [-0.05, 0) is 55.6 Å². The van der Waals surface area contributed by atoms with E-state index in [0.29, 0.717) is 41.9 Å². The molecule has 0 radical (unpaired) electrons. The number of carbonyl (C=O) groups excluding carboxylic acids is 2. The molecule has 1 aromatic heterocycles. The maximum Gasteiger partial charge on any atom is 0.445 e. The Morgan fingerprint density at radius 3 is 2.54 bits per heavy atom. The lowest BCUT2D eigenvalue weighted by atomic mass is 10.2. The Kier molecular flexibility index (Phi) is 9.33. The van der Waals surface area contributed by atoms with Crippen LogP contribution in [-0.2, 0) is 25.0 Å². The predicted molar refractivity (Wildman–Crippen MR) is 141 cm³/mol. The smallest absolute Gasteiger partial charge is 0.445 e. The first-order valence-electron chi connectivity index (χ1n) is 11.8. The van der Waals surface area contributed by atoms with E-state index < -0.39 is 11.9 Å². The summed E-state index contributed by atoms with van der Waals surface area (Å²) in [6, 6.07) is 16.2. The zero-order chi connectivity index (χ0) is 27.6. The average Bonchev–Trinajstić information content (AvgIpc) is 3.37. The van der Waals surface area contributed by atoms with Gasteiger partial charge in [0.2, 0.25) is 11.8 Å². The minimum Gasteiger partial charge on any atom is -0.493 e. The van der Waals surface area contributed by atoms with E-state index in [1.165, 1.54) is 0 Å². The fraction of sp³-hybridized carbons (Fsp3) is 0.280. The fourth-order valence-electron chi connectivity index (χ4n) is 3.23. The van der Waals surface area contributed by atoms with Gasteiger partial charge in [-0.3, -0.25) is 0 Å². The van der Waals surface area contributed by atoms with Gasteiger partial charge in [-0.1, -0.05) is 18.2 Å². The van der Waals surface area contributed by atoms with Crippen molar-refractivity contribution in [1.29, 1.82) is 5.26 Å². The van der Waals surface area contributed by atoms with Crippen LogP contribution in [0.3, 0.4) is 0 Å². The van der Waals surface area contributed by atoms with Crippen LogP contribution in [0.1, 0.15) is 5.89 Å². The Morgan fingerprint density at radius 2 is 1.82 bits per heavy atom. The molecule has 0 bridgehead atoms. The molecule has 0 saturated heterocycles. The Labute approximate surface area is 228 Å². The highest BCUT2D eigenvalue weighted by atomic mass is 32.2. The van der Waals surface area contributed by atoms with Crippen molar-refractivity contribution in [2.45, 2.75) is 5.75 Å². The molecule has 0 amide bonds. The van der Waals surface area contributed by atoms with Gasteiger partial charge in [0.1, 0.15) is 5.75 Å². The second-order valence-electron chi connectivity index (χ2n) is 8.25. The van der Waals surface area contributed by atoms with Gasteiger partial charge in [-0.25, -0.2) is 14.5 Å². The molecule has 0 N–H and O–H groups in total. The monoisotopic (exact) mass is 551 g/mol. The number of hydrogen-bond acceptors (Lipinski definition) is 14. The number of carbonyl (C=O) groups is 2. The van der Waals surface area contributed by atoms with E-state index in [0.717, 1.165) is 21.5 Å². The maximum absolute atomic E-state index is 11.9. The van der Waals surface area contributed by atoms with Gasteiger partial charge in [-0.15, -0.1) is 22.0 Å². The van der Waals surface area contributed by atoms with E-state index in [2.05, 4.69) is 20.2 Å². The number of para-hydroxylation sites is 1.